The maximum atomic E-state index is 12.0. The van der Waals surface area contributed by atoms with Crippen LogP contribution in [-0.4, -0.2) is 24.3 Å². The number of ketones is 1. The van der Waals surface area contributed by atoms with Crippen LogP contribution in [0.1, 0.15) is 33.6 Å². The van der Waals surface area contributed by atoms with E-state index in [0.29, 0.717) is 17.1 Å². The SMILES string of the molecule is CC(=O)c1ccc(-c2ccc(C(=O)OCC(=O)NCc3ccco3)o2)cc1. The Balaban J connectivity index is 1.53. The second-order valence-corrected chi connectivity index (χ2v) is 5.73. The van der Waals surface area contributed by atoms with Crippen LogP contribution < -0.4 is 5.32 Å². The number of esters is 1. The fraction of sp³-hybridized carbons (Fsp3) is 0.150. The van der Waals surface area contributed by atoms with Crippen molar-refractivity contribution in [1.82, 2.24) is 5.32 Å². The van der Waals surface area contributed by atoms with Crippen molar-refractivity contribution in [3.8, 4) is 11.3 Å². The Morgan fingerprint density at radius 1 is 1.04 bits per heavy atom. The lowest BCUT2D eigenvalue weighted by Gasteiger charge is -2.04. The molecule has 27 heavy (non-hydrogen) atoms. The molecule has 2 heterocycles. The number of carbonyl (C=O) groups excluding carboxylic acids is 3. The van der Waals surface area contributed by atoms with Gasteiger partial charge in [0, 0.05) is 11.1 Å². The zero-order valence-corrected chi connectivity index (χ0v) is 14.6. The number of benzene rings is 1. The molecule has 0 aliphatic heterocycles. The summed E-state index contributed by atoms with van der Waals surface area (Å²) >= 11 is 0. The largest absolute Gasteiger partial charge is 0.467 e. The summed E-state index contributed by atoms with van der Waals surface area (Å²) in [6.45, 7) is 1.27. The highest BCUT2D eigenvalue weighted by Gasteiger charge is 2.15. The molecule has 3 aromatic rings. The topological polar surface area (TPSA) is 98.8 Å². The Labute approximate surface area is 154 Å². The molecule has 0 radical (unpaired) electrons. The van der Waals surface area contributed by atoms with E-state index < -0.39 is 18.5 Å². The van der Waals surface area contributed by atoms with Gasteiger partial charge in [-0.2, -0.15) is 0 Å². The molecule has 138 valence electrons. The van der Waals surface area contributed by atoms with Gasteiger partial charge in [-0.25, -0.2) is 4.79 Å². The van der Waals surface area contributed by atoms with E-state index in [1.165, 1.54) is 19.3 Å². The van der Waals surface area contributed by atoms with Gasteiger partial charge in [0.25, 0.3) is 5.91 Å². The van der Waals surface area contributed by atoms with Gasteiger partial charge in [0.15, 0.2) is 12.4 Å². The fourth-order valence-corrected chi connectivity index (χ4v) is 2.32. The number of hydrogen-bond acceptors (Lipinski definition) is 6. The highest BCUT2D eigenvalue weighted by atomic mass is 16.5. The normalized spacial score (nSPS) is 10.4. The van der Waals surface area contributed by atoms with E-state index in [0.717, 1.165) is 5.56 Å². The standard InChI is InChI=1S/C20H17NO6/c1-13(22)14-4-6-15(7-5-14)17-8-9-18(27-17)20(24)26-12-19(23)21-11-16-3-2-10-25-16/h2-10H,11-12H2,1H3,(H,21,23). The Kier molecular flexibility index (Phi) is 5.51. The molecule has 0 aliphatic carbocycles. The second kappa shape index (κ2) is 8.18. The summed E-state index contributed by atoms with van der Waals surface area (Å²) in [4.78, 5) is 35.0. The van der Waals surface area contributed by atoms with Crippen molar-refractivity contribution in [2.75, 3.05) is 6.61 Å². The van der Waals surface area contributed by atoms with Crippen molar-refractivity contribution in [2.45, 2.75) is 13.5 Å². The molecule has 0 saturated heterocycles. The summed E-state index contributed by atoms with van der Waals surface area (Å²) in [5.74, 6) is -0.184. The van der Waals surface area contributed by atoms with Gasteiger partial charge < -0.3 is 18.9 Å². The molecule has 1 aromatic carbocycles. The summed E-state index contributed by atoms with van der Waals surface area (Å²) in [5, 5.41) is 2.57. The number of carbonyl (C=O) groups is 3. The van der Waals surface area contributed by atoms with Gasteiger partial charge in [-0.05, 0) is 31.2 Å². The quantitative estimate of drug-likeness (QED) is 0.508. The first-order valence-corrected chi connectivity index (χ1v) is 8.20. The van der Waals surface area contributed by atoms with Gasteiger partial charge in [-0.3, -0.25) is 9.59 Å². The minimum absolute atomic E-state index is 0.0144. The van der Waals surface area contributed by atoms with Crippen LogP contribution in [0.3, 0.4) is 0 Å². The molecule has 0 aliphatic rings. The number of Topliss-reactive ketones (excluding diaryl/α,β-unsaturated/α-hetero) is 1. The summed E-state index contributed by atoms with van der Waals surface area (Å²) in [7, 11) is 0. The number of furan rings is 2. The minimum atomic E-state index is -0.741. The van der Waals surface area contributed by atoms with Gasteiger partial charge in [-0.1, -0.05) is 24.3 Å². The minimum Gasteiger partial charge on any atom is -0.467 e. The van der Waals surface area contributed by atoms with Crippen LogP contribution in [-0.2, 0) is 16.1 Å². The summed E-state index contributed by atoms with van der Waals surface area (Å²) in [5.41, 5.74) is 1.31. The fourth-order valence-electron chi connectivity index (χ4n) is 2.32. The molecular formula is C20H17NO6. The lowest BCUT2D eigenvalue weighted by Crippen LogP contribution is -2.28. The van der Waals surface area contributed by atoms with Crippen molar-refractivity contribution in [3.05, 3.63) is 71.9 Å². The van der Waals surface area contributed by atoms with Crippen LogP contribution in [0.5, 0.6) is 0 Å². The molecule has 7 heteroatoms. The van der Waals surface area contributed by atoms with E-state index >= 15 is 0 Å². The monoisotopic (exact) mass is 367 g/mol. The molecule has 0 fully saturated rings. The van der Waals surface area contributed by atoms with Gasteiger partial charge >= 0.3 is 5.97 Å². The number of amides is 1. The predicted octanol–water partition coefficient (Wildman–Crippen LogP) is 3.22. The van der Waals surface area contributed by atoms with Gasteiger partial charge in [-0.15, -0.1) is 0 Å². The average molecular weight is 367 g/mol. The third kappa shape index (κ3) is 4.72. The maximum Gasteiger partial charge on any atom is 0.374 e. The summed E-state index contributed by atoms with van der Waals surface area (Å²) in [6.07, 6.45) is 1.50. The molecular weight excluding hydrogens is 350 g/mol. The molecule has 0 unspecified atom stereocenters. The molecule has 0 spiro atoms. The third-order valence-electron chi connectivity index (χ3n) is 3.76. The van der Waals surface area contributed by atoms with Crippen LogP contribution in [0.15, 0.2) is 63.6 Å². The van der Waals surface area contributed by atoms with Crippen molar-refractivity contribution >= 4 is 17.7 Å². The first-order chi connectivity index (χ1) is 13.0. The molecule has 0 bridgehead atoms. The first-order valence-electron chi connectivity index (χ1n) is 8.20. The highest BCUT2D eigenvalue weighted by Crippen LogP contribution is 2.23. The van der Waals surface area contributed by atoms with Crippen molar-refractivity contribution in [2.24, 2.45) is 0 Å². The van der Waals surface area contributed by atoms with E-state index in [4.69, 9.17) is 13.6 Å². The lowest BCUT2D eigenvalue weighted by molar-refractivity contribution is -0.124. The molecule has 1 N–H and O–H groups in total. The van der Waals surface area contributed by atoms with Crippen LogP contribution in [0.2, 0.25) is 0 Å². The van der Waals surface area contributed by atoms with Crippen molar-refractivity contribution in [1.29, 1.82) is 0 Å². The molecule has 0 atom stereocenters. The van der Waals surface area contributed by atoms with Crippen molar-refractivity contribution < 1.29 is 28.0 Å². The van der Waals surface area contributed by atoms with Crippen LogP contribution in [0, 0.1) is 0 Å². The van der Waals surface area contributed by atoms with Crippen LogP contribution >= 0.6 is 0 Å². The number of rotatable bonds is 7. The molecule has 1 amide bonds. The zero-order valence-electron chi connectivity index (χ0n) is 14.6. The smallest absolute Gasteiger partial charge is 0.374 e. The molecule has 7 nitrogen and oxygen atoms in total. The van der Waals surface area contributed by atoms with Gasteiger partial charge in [0.05, 0.1) is 12.8 Å². The van der Waals surface area contributed by atoms with Gasteiger partial charge in [0.1, 0.15) is 11.5 Å². The molecule has 3 rings (SSSR count). The Morgan fingerprint density at radius 3 is 2.48 bits per heavy atom. The average Bonchev–Trinajstić information content (AvgIpc) is 3.36. The van der Waals surface area contributed by atoms with Gasteiger partial charge in [0.2, 0.25) is 5.76 Å². The predicted molar refractivity (Wildman–Crippen MR) is 95.0 cm³/mol. The van der Waals surface area contributed by atoms with Crippen LogP contribution in [0.25, 0.3) is 11.3 Å². The number of hydrogen-bond donors (Lipinski definition) is 1. The Hall–Kier alpha value is -3.61. The molecule has 2 aromatic heterocycles. The number of ether oxygens (including phenoxy) is 1. The second-order valence-electron chi connectivity index (χ2n) is 5.73. The Morgan fingerprint density at radius 2 is 1.81 bits per heavy atom. The van der Waals surface area contributed by atoms with E-state index in [2.05, 4.69) is 5.32 Å². The van der Waals surface area contributed by atoms with E-state index in [1.807, 2.05) is 0 Å². The third-order valence-corrected chi connectivity index (χ3v) is 3.76. The molecule has 0 saturated carbocycles. The summed E-state index contributed by atoms with van der Waals surface area (Å²) in [6, 6.07) is 13.3. The van der Waals surface area contributed by atoms with E-state index in [-0.39, 0.29) is 18.1 Å². The zero-order chi connectivity index (χ0) is 19.2. The van der Waals surface area contributed by atoms with E-state index in [9.17, 15) is 14.4 Å². The van der Waals surface area contributed by atoms with Crippen molar-refractivity contribution in [3.63, 3.8) is 0 Å². The first kappa shape index (κ1) is 18.2. The van der Waals surface area contributed by atoms with E-state index in [1.54, 1.807) is 42.5 Å². The Bertz CT molecular complexity index is 937. The number of nitrogens with one attached hydrogen (secondary N) is 1. The lowest BCUT2D eigenvalue weighted by atomic mass is 10.1. The summed E-state index contributed by atoms with van der Waals surface area (Å²) < 4.78 is 15.5. The maximum absolute atomic E-state index is 12.0. The highest BCUT2D eigenvalue weighted by molar-refractivity contribution is 5.94. The van der Waals surface area contributed by atoms with Crippen LogP contribution in [0.4, 0.5) is 0 Å².